The summed E-state index contributed by atoms with van der Waals surface area (Å²) in [6.45, 7) is 3.48. The highest BCUT2D eigenvalue weighted by Gasteiger charge is 2.32. The van der Waals surface area contributed by atoms with Crippen molar-refractivity contribution in [1.29, 1.82) is 0 Å². The third-order valence-electron chi connectivity index (χ3n) is 4.22. The number of nitrogens with zero attached hydrogens (tertiary/aromatic N) is 2. The molecule has 22 heavy (non-hydrogen) atoms. The number of hydrogen-bond acceptors (Lipinski definition) is 3. The van der Waals surface area contributed by atoms with E-state index in [0.29, 0.717) is 38.0 Å². The zero-order chi connectivity index (χ0) is 16.3. The number of benzene rings is 1. The van der Waals surface area contributed by atoms with Gasteiger partial charge in [-0.3, -0.25) is 9.69 Å². The normalized spacial score (nSPS) is 22.0. The van der Waals surface area contributed by atoms with Crippen LogP contribution in [0.2, 0.25) is 0 Å². The van der Waals surface area contributed by atoms with E-state index in [0.717, 1.165) is 6.07 Å². The second-order valence-corrected chi connectivity index (χ2v) is 5.73. The molecule has 1 aliphatic rings. The highest BCUT2D eigenvalue weighted by atomic mass is 19.2. The van der Waals surface area contributed by atoms with E-state index < -0.39 is 17.7 Å². The van der Waals surface area contributed by atoms with E-state index in [4.69, 9.17) is 0 Å². The van der Waals surface area contributed by atoms with Crippen LogP contribution in [0.5, 0.6) is 0 Å². The van der Waals surface area contributed by atoms with Crippen molar-refractivity contribution in [3.05, 3.63) is 35.4 Å². The van der Waals surface area contributed by atoms with Crippen LogP contribution in [0.25, 0.3) is 0 Å². The van der Waals surface area contributed by atoms with Gasteiger partial charge in [0, 0.05) is 39.1 Å². The molecular weight excluding hydrogens is 290 g/mol. The molecule has 0 unspecified atom stereocenters. The van der Waals surface area contributed by atoms with Gasteiger partial charge in [-0.15, -0.1) is 0 Å². The molecule has 1 amide bonds. The molecule has 1 heterocycles. The summed E-state index contributed by atoms with van der Waals surface area (Å²) < 4.78 is 26.5. The highest BCUT2D eigenvalue weighted by Crippen LogP contribution is 2.32. The molecule has 2 atom stereocenters. The van der Waals surface area contributed by atoms with Crippen LogP contribution in [0, 0.1) is 11.6 Å². The van der Waals surface area contributed by atoms with Crippen molar-refractivity contribution in [2.24, 2.45) is 0 Å². The minimum Gasteiger partial charge on any atom is -0.392 e. The molecule has 0 saturated carbocycles. The minimum atomic E-state index is -0.888. The largest absolute Gasteiger partial charge is 0.392 e. The first-order valence-electron chi connectivity index (χ1n) is 7.53. The molecule has 2 rings (SSSR count). The second kappa shape index (κ2) is 7.15. The number of halogens is 2. The standard InChI is InChI=1S/C16H22F2N2O2/c1-3-19(2)16(22)6-7-20-10-12(21)9-15(20)11-4-5-13(17)14(18)8-11/h4-5,8,12,15,21H,3,6-7,9-10H2,1-2H3/t12-,15+/m1/s1. The summed E-state index contributed by atoms with van der Waals surface area (Å²) in [4.78, 5) is 15.5. The van der Waals surface area contributed by atoms with E-state index in [-0.39, 0.29) is 11.9 Å². The van der Waals surface area contributed by atoms with Gasteiger partial charge in [0.1, 0.15) is 0 Å². The lowest BCUT2D eigenvalue weighted by Crippen LogP contribution is -2.32. The minimum absolute atomic E-state index is 0.0351. The van der Waals surface area contributed by atoms with Crippen molar-refractivity contribution in [2.75, 3.05) is 26.7 Å². The molecule has 1 aliphatic heterocycles. The summed E-state index contributed by atoms with van der Waals surface area (Å²) in [6.07, 6.45) is 0.289. The Morgan fingerprint density at radius 1 is 1.41 bits per heavy atom. The molecule has 6 heteroatoms. The quantitative estimate of drug-likeness (QED) is 0.904. The lowest BCUT2D eigenvalue weighted by Gasteiger charge is -2.25. The first kappa shape index (κ1) is 16.8. The number of amides is 1. The Bertz CT molecular complexity index is 539. The fourth-order valence-corrected chi connectivity index (χ4v) is 2.80. The van der Waals surface area contributed by atoms with Crippen LogP contribution in [-0.2, 0) is 4.79 Å². The first-order chi connectivity index (χ1) is 10.4. The van der Waals surface area contributed by atoms with Crippen LogP contribution < -0.4 is 0 Å². The summed E-state index contributed by atoms with van der Waals surface area (Å²) in [7, 11) is 1.74. The Hall–Kier alpha value is -1.53. The Morgan fingerprint density at radius 3 is 2.77 bits per heavy atom. The van der Waals surface area contributed by atoms with Crippen molar-refractivity contribution in [1.82, 2.24) is 9.80 Å². The van der Waals surface area contributed by atoms with E-state index in [2.05, 4.69) is 0 Å². The topological polar surface area (TPSA) is 43.8 Å². The van der Waals surface area contributed by atoms with Crippen LogP contribution in [0.3, 0.4) is 0 Å². The number of carbonyl (C=O) groups excluding carboxylic acids is 1. The number of rotatable bonds is 5. The van der Waals surface area contributed by atoms with E-state index in [1.165, 1.54) is 12.1 Å². The second-order valence-electron chi connectivity index (χ2n) is 5.73. The molecule has 1 aromatic carbocycles. The van der Waals surface area contributed by atoms with Crippen molar-refractivity contribution in [2.45, 2.75) is 31.9 Å². The summed E-state index contributed by atoms with van der Waals surface area (Å²) in [5.74, 6) is -1.73. The summed E-state index contributed by atoms with van der Waals surface area (Å²) in [5.41, 5.74) is 0.631. The van der Waals surface area contributed by atoms with Gasteiger partial charge in [0.05, 0.1) is 6.10 Å². The van der Waals surface area contributed by atoms with Crippen LogP contribution in [0.15, 0.2) is 18.2 Å². The van der Waals surface area contributed by atoms with Crippen LogP contribution in [0.1, 0.15) is 31.4 Å². The maximum Gasteiger partial charge on any atom is 0.223 e. The molecule has 1 N–H and O–H groups in total. The third kappa shape index (κ3) is 3.81. The SMILES string of the molecule is CCN(C)C(=O)CCN1C[C@H](O)C[C@H]1c1ccc(F)c(F)c1. The van der Waals surface area contributed by atoms with Gasteiger partial charge < -0.3 is 10.0 Å². The van der Waals surface area contributed by atoms with Crippen molar-refractivity contribution < 1.29 is 18.7 Å². The van der Waals surface area contributed by atoms with Gasteiger partial charge in [-0.05, 0) is 31.0 Å². The predicted octanol–water partition coefficient (Wildman–Crippen LogP) is 1.94. The van der Waals surface area contributed by atoms with Gasteiger partial charge in [-0.1, -0.05) is 6.07 Å². The first-order valence-corrected chi connectivity index (χ1v) is 7.53. The molecule has 1 fully saturated rings. The van der Waals surface area contributed by atoms with Gasteiger partial charge in [0.2, 0.25) is 5.91 Å². The highest BCUT2D eigenvalue weighted by molar-refractivity contribution is 5.76. The molecule has 0 radical (unpaired) electrons. The van der Waals surface area contributed by atoms with E-state index in [1.54, 1.807) is 11.9 Å². The fraction of sp³-hybridized carbons (Fsp3) is 0.562. The van der Waals surface area contributed by atoms with Gasteiger partial charge in [0.25, 0.3) is 0 Å². The van der Waals surface area contributed by atoms with Gasteiger partial charge >= 0.3 is 0 Å². The van der Waals surface area contributed by atoms with Crippen LogP contribution >= 0.6 is 0 Å². The van der Waals surface area contributed by atoms with E-state index in [1.807, 2.05) is 11.8 Å². The number of β-amino-alcohol motifs (C(OH)–C–C–N with tert-alkyl or cyclic N) is 1. The number of carbonyl (C=O) groups is 1. The molecule has 1 aromatic rings. The fourth-order valence-electron chi connectivity index (χ4n) is 2.80. The molecule has 122 valence electrons. The predicted molar refractivity (Wildman–Crippen MR) is 79.2 cm³/mol. The summed E-state index contributed by atoms with van der Waals surface area (Å²) in [5, 5.41) is 9.87. The lowest BCUT2D eigenvalue weighted by atomic mass is 10.0. The van der Waals surface area contributed by atoms with Gasteiger partial charge in [0.15, 0.2) is 11.6 Å². The Balaban J connectivity index is 2.06. The molecule has 0 spiro atoms. The van der Waals surface area contributed by atoms with Gasteiger partial charge in [-0.25, -0.2) is 8.78 Å². The van der Waals surface area contributed by atoms with Crippen LogP contribution in [-0.4, -0.2) is 53.6 Å². The van der Waals surface area contributed by atoms with Crippen molar-refractivity contribution in [3.8, 4) is 0 Å². The molecule has 1 saturated heterocycles. The maximum atomic E-state index is 13.4. The van der Waals surface area contributed by atoms with Crippen molar-refractivity contribution in [3.63, 3.8) is 0 Å². The average Bonchev–Trinajstić information content (AvgIpc) is 2.87. The number of aliphatic hydroxyl groups is 1. The number of likely N-dealkylation sites (tertiary alicyclic amines) is 1. The monoisotopic (exact) mass is 312 g/mol. The molecular formula is C16H22F2N2O2. The van der Waals surface area contributed by atoms with E-state index in [9.17, 15) is 18.7 Å². The molecule has 0 bridgehead atoms. The number of aliphatic hydroxyl groups excluding tert-OH is 1. The molecule has 0 aliphatic carbocycles. The maximum absolute atomic E-state index is 13.4. The summed E-state index contributed by atoms with van der Waals surface area (Å²) in [6, 6.07) is 3.62. The lowest BCUT2D eigenvalue weighted by molar-refractivity contribution is -0.130. The molecule has 4 nitrogen and oxygen atoms in total. The summed E-state index contributed by atoms with van der Waals surface area (Å²) >= 11 is 0. The molecule has 0 aromatic heterocycles. The smallest absolute Gasteiger partial charge is 0.223 e. The zero-order valence-corrected chi connectivity index (χ0v) is 12.9. The Kier molecular flexibility index (Phi) is 5.47. The Morgan fingerprint density at radius 2 is 2.14 bits per heavy atom. The van der Waals surface area contributed by atoms with Crippen molar-refractivity contribution >= 4 is 5.91 Å². The Labute approximate surface area is 129 Å². The number of hydrogen-bond donors (Lipinski definition) is 1. The van der Waals surface area contributed by atoms with Crippen LogP contribution in [0.4, 0.5) is 8.78 Å². The zero-order valence-electron chi connectivity index (χ0n) is 12.9. The average molecular weight is 312 g/mol. The van der Waals surface area contributed by atoms with Gasteiger partial charge in [-0.2, -0.15) is 0 Å². The third-order valence-corrected chi connectivity index (χ3v) is 4.22. The van der Waals surface area contributed by atoms with E-state index >= 15 is 0 Å².